The van der Waals surface area contributed by atoms with Crippen molar-refractivity contribution in [1.29, 1.82) is 0 Å². The molecule has 0 heterocycles. The van der Waals surface area contributed by atoms with Crippen LogP contribution < -0.4 is 19.5 Å². The van der Waals surface area contributed by atoms with Crippen LogP contribution in [0.4, 0.5) is 0 Å². The quantitative estimate of drug-likeness (QED) is 0.246. The molecule has 1 aromatic rings. The van der Waals surface area contributed by atoms with E-state index in [1.54, 1.807) is 39.5 Å². The first kappa shape index (κ1) is 24.8. The van der Waals surface area contributed by atoms with Gasteiger partial charge in [0.2, 0.25) is 5.75 Å². The highest BCUT2D eigenvalue weighted by atomic mass is 16.5. The Morgan fingerprint density at radius 2 is 1.55 bits per heavy atom. The van der Waals surface area contributed by atoms with Crippen LogP contribution in [0.25, 0.3) is 6.08 Å². The maximum atomic E-state index is 11.9. The number of methoxy groups -OCH3 is 3. The average Bonchev–Trinajstić information content (AvgIpc) is 2.75. The fourth-order valence-electron chi connectivity index (χ4n) is 2.78. The van der Waals surface area contributed by atoms with Crippen molar-refractivity contribution in [3.63, 3.8) is 0 Å². The van der Waals surface area contributed by atoms with Crippen LogP contribution in [0, 0.1) is 0 Å². The van der Waals surface area contributed by atoms with E-state index in [4.69, 9.17) is 24.1 Å². The van der Waals surface area contributed by atoms with Crippen LogP contribution in [0.3, 0.4) is 0 Å². The highest BCUT2D eigenvalue weighted by Gasteiger charge is 2.12. The average molecular weight is 410 g/mol. The number of unbranched alkanes of at least 4 members (excludes halogenated alkanes) is 4. The molecule has 0 radical (unpaired) electrons. The monoisotopic (exact) mass is 409 g/mol. The van der Waals surface area contributed by atoms with E-state index >= 15 is 0 Å². The second-order valence-corrected chi connectivity index (χ2v) is 6.55. The van der Waals surface area contributed by atoms with Gasteiger partial charge in [-0.3, -0.25) is 0 Å². The van der Waals surface area contributed by atoms with Crippen LogP contribution in [-0.4, -0.2) is 58.7 Å². The summed E-state index contributed by atoms with van der Waals surface area (Å²) in [6.45, 7) is 2.64. The number of carbonyl (C=O) groups excluding carboxylic acids is 1. The Hall–Kier alpha value is -2.25. The molecular formula is C22H35NO6. The molecule has 0 aliphatic rings. The van der Waals surface area contributed by atoms with Gasteiger partial charge in [0.15, 0.2) is 11.5 Å². The highest BCUT2D eigenvalue weighted by molar-refractivity contribution is 5.87. The van der Waals surface area contributed by atoms with Crippen molar-refractivity contribution in [2.45, 2.75) is 38.5 Å². The maximum absolute atomic E-state index is 11.9. The molecule has 1 aromatic carbocycles. The third-order valence-corrected chi connectivity index (χ3v) is 4.35. The Kier molecular flexibility index (Phi) is 13.4. The Labute approximate surface area is 174 Å². The predicted octanol–water partition coefficient (Wildman–Crippen LogP) is 3.19. The Morgan fingerprint density at radius 3 is 2.10 bits per heavy atom. The summed E-state index contributed by atoms with van der Waals surface area (Å²) in [7, 11) is 4.64. The molecular weight excluding hydrogens is 374 g/mol. The normalized spacial score (nSPS) is 10.9. The minimum atomic E-state index is -0.374. The summed E-state index contributed by atoms with van der Waals surface area (Å²) in [6, 6.07) is 3.53. The number of carbonyl (C=O) groups is 1. The topological polar surface area (TPSA) is 86.3 Å². The van der Waals surface area contributed by atoms with Gasteiger partial charge < -0.3 is 29.4 Å². The van der Waals surface area contributed by atoms with Gasteiger partial charge in [0.05, 0.1) is 27.9 Å². The molecule has 0 aromatic heterocycles. The van der Waals surface area contributed by atoms with Gasteiger partial charge in [-0.1, -0.05) is 0 Å². The molecule has 0 spiro atoms. The van der Waals surface area contributed by atoms with E-state index in [0.29, 0.717) is 23.9 Å². The molecule has 0 bridgehead atoms. The molecule has 164 valence electrons. The molecule has 0 atom stereocenters. The van der Waals surface area contributed by atoms with Crippen LogP contribution >= 0.6 is 0 Å². The van der Waals surface area contributed by atoms with Gasteiger partial charge in [0, 0.05) is 12.7 Å². The standard InChI is InChI=1S/C22H35NO6/c1-26-19-16-18(17-20(27-2)22(19)28-3)10-11-21(25)29-15-9-5-7-13-23-12-6-4-8-14-24/h10-11,16-17,23-24H,4-9,12-15H2,1-3H3/b11-10+. The van der Waals surface area contributed by atoms with E-state index in [2.05, 4.69) is 5.32 Å². The van der Waals surface area contributed by atoms with Crippen molar-refractivity contribution < 1.29 is 28.8 Å². The molecule has 2 N–H and O–H groups in total. The number of nitrogens with one attached hydrogen (secondary N) is 1. The van der Waals surface area contributed by atoms with E-state index in [1.807, 2.05) is 0 Å². The van der Waals surface area contributed by atoms with E-state index in [-0.39, 0.29) is 12.6 Å². The zero-order valence-electron chi connectivity index (χ0n) is 17.9. The van der Waals surface area contributed by atoms with Gasteiger partial charge in [0.25, 0.3) is 0 Å². The van der Waals surface area contributed by atoms with Crippen LogP contribution in [0.5, 0.6) is 17.2 Å². The van der Waals surface area contributed by atoms with Crippen LogP contribution in [0.15, 0.2) is 18.2 Å². The fourth-order valence-corrected chi connectivity index (χ4v) is 2.78. The fraction of sp³-hybridized carbons (Fsp3) is 0.591. The minimum absolute atomic E-state index is 0.274. The SMILES string of the molecule is COc1cc(/C=C/C(=O)OCCCCCNCCCCCO)cc(OC)c1OC. The molecule has 0 saturated heterocycles. The molecule has 7 nitrogen and oxygen atoms in total. The molecule has 1 rings (SSSR count). The molecule has 0 unspecified atom stereocenters. The number of benzene rings is 1. The van der Waals surface area contributed by atoms with E-state index in [1.165, 1.54) is 6.08 Å². The number of aliphatic hydroxyl groups is 1. The Morgan fingerprint density at radius 1 is 0.931 bits per heavy atom. The van der Waals surface area contributed by atoms with Crippen molar-refractivity contribution in [3.05, 3.63) is 23.8 Å². The molecule has 0 aliphatic carbocycles. The van der Waals surface area contributed by atoms with Crippen LogP contribution in [0.1, 0.15) is 44.1 Å². The largest absolute Gasteiger partial charge is 0.493 e. The van der Waals surface area contributed by atoms with Gasteiger partial charge in [0.1, 0.15) is 0 Å². The number of esters is 1. The van der Waals surface area contributed by atoms with Gasteiger partial charge in [-0.15, -0.1) is 0 Å². The highest BCUT2D eigenvalue weighted by Crippen LogP contribution is 2.38. The molecule has 0 fully saturated rings. The number of aliphatic hydroxyl groups excluding tert-OH is 1. The molecule has 0 saturated carbocycles. The smallest absolute Gasteiger partial charge is 0.330 e. The summed E-state index contributed by atoms with van der Waals surface area (Å²) < 4.78 is 21.1. The number of rotatable bonds is 16. The number of hydrogen-bond acceptors (Lipinski definition) is 7. The van der Waals surface area contributed by atoms with E-state index < -0.39 is 0 Å². The first-order valence-electron chi connectivity index (χ1n) is 10.1. The lowest BCUT2D eigenvalue weighted by Gasteiger charge is -2.12. The summed E-state index contributed by atoms with van der Waals surface area (Å²) >= 11 is 0. The third kappa shape index (κ3) is 10.2. The van der Waals surface area contributed by atoms with Crippen molar-refractivity contribution in [2.75, 3.05) is 47.6 Å². The van der Waals surface area contributed by atoms with E-state index in [9.17, 15) is 4.79 Å². The Bertz CT molecular complexity index is 592. The maximum Gasteiger partial charge on any atom is 0.330 e. The summed E-state index contributed by atoms with van der Waals surface area (Å²) in [5.41, 5.74) is 0.751. The molecule has 0 aliphatic heterocycles. The van der Waals surface area contributed by atoms with Gasteiger partial charge in [-0.05, 0) is 75.4 Å². The van der Waals surface area contributed by atoms with Gasteiger partial charge in [-0.2, -0.15) is 0 Å². The van der Waals surface area contributed by atoms with Crippen molar-refractivity contribution >= 4 is 12.0 Å². The molecule has 0 amide bonds. The first-order chi connectivity index (χ1) is 14.2. The summed E-state index contributed by atoms with van der Waals surface area (Å²) in [5.74, 6) is 1.19. The minimum Gasteiger partial charge on any atom is -0.493 e. The van der Waals surface area contributed by atoms with Crippen LogP contribution in [-0.2, 0) is 9.53 Å². The zero-order chi connectivity index (χ0) is 21.3. The lowest BCUT2D eigenvalue weighted by Crippen LogP contribution is -2.16. The van der Waals surface area contributed by atoms with Crippen molar-refractivity contribution in [2.24, 2.45) is 0 Å². The predicted molar refractivity (Wildman–Crippen MR) is 114 cm³/mol. The zero-order valence-corrected chi connectivity index (χ0v) is 17.9. The molecule has 7 heteroatoms. The number of ether oxygens (including phenoxy) is 4. The molecule has 29 heavy (non-hydrogen) atoms. The first-order valence-corrected chi connectivity index (χ1v) is 10.1. The van der Waals surface area contributed by atoms with Crippen molar-refractivity contribution in [1.82, 2.24) is 5.32 Å². The summed E-state index contributed by atoms with van der Waals surface area (Å²) in [5, 5.41) is 12.1. The van der Waals surface area contributed by atoms with E-state index in [0.717, 1.165) is 57.2 Å². The van der Waals surface area contributed by atoms with Gasteiger partial charge in [-0.25, -0.2) is 4.79 Å². The lowest BCUT2D eigenvalue weighted by atomic mass is 10.1. The summed E-state index contributed by atoms with van der Waals surface area (Å²) in [4.78, 5) is 11.9. The second-order valence-electron chi connectivity index (χ2n) is 6.55. The Balaban J connectivity index is 2.25. The summed E-state index contributed by atoms with van der Waals surface area (Å²) in [6.07, 6.45) is 8.99. The second kappa shape index (κ2) is 15.6. The van der Waals surface area contributed by atoms with Crippen molar-refractivity contribution in [3.8, 4) is 17.2 Å². The third-order valence-electron chi connectivity index (χ3n) is 4.35. The van der Waals surface area contributed by atoms with Crippen LogP contribution in [0.2, 0.25) is 0 Å². The van der Waals surface area contributed by atoms with Gasteiger partial charge >= 0.3 is 5.97 Å². The lowest BCUT2D eigenvalue weighted by molar-refractivity contribution is -0.137. The number of hydrogen-bond donors (Lipinski definition) is 2.